The first-order valence-corrected chi connectivity index (χ1v) is 3.12. The number of rotatable bonds is 0. The molecule has 8 heavy (non-hydrogen) atoms. The SMILES string of the molecule is CC1=CCC(Cl)=C1C. The molecular weight excluding hydrogens is 120 g/mol. The van der Waals surface area contributed by atoms with Gasteiger partial charge >= 0.3 is 0 Å². The number of halogens is 1. The number of hydrogen-bond donors (Lipinski definition) is 0. The average Bonchev–Trinajstić information content (AvgIpc) is 1.98. The van der Waals surface area contributed by atoms with Gasteiger partial charge in [0.25, 0.3) is 0 Å². The highest BCUT2D eigenvalue weighted by Gasteiger charge is 2.05. The molecule has 0 unspecified atom stereocenters. The zero-order chi connectivity index (χ0) is 6.15. The molecule has 0 saturated heterocycles. The summed E-state index contributed by atoms with van der Waals surface area (Å²) in [5.74, 6) is 0. The molecule has 0 atom stereocenters. The van der Waals surface area contributed by atoms with E-state index in [-0.39, 0.29) is 0 Å². The predicted octanol–water partition coefficient (Wildman–Crippen LogP) is 2.85. The highest BCUT2D eigenvalue weighted by Crippen LogP contribution is 2.27. The van der Waals surface area contributed by atoms with Gasteiger partial charge in [-0.25, -0.2) is 0 Å². The summed E-state index contributed by atoms with van der Waals surface area (Å²) in [6, 6.07) is 0. The van der Waals surface area contributed by atoms with Crippen LogP contribution >= 0.6 is 11.6 Å². The van der Waals surface area contributed by atoms with Crippen LogP contribution in [0.5, 0.6) is 0 Å². The van der Waals surface area contributed by atoms with Gasteiger partial charge in [0.1, 0.15) is 0 Å². The van der Waals surface area contributed by atoms with Crippen molar-refractivity contribution in [2.45, 2.75) is 20.3 Å². The normalized spacial score (nSPS) is 19.6. The van der Waals surface area contributed by atoms with Crippen LogP contribution in [-0.2, 0) is 0 Å². The summed E-state index contributed by atoms with van der Waals surface area (Å²) >= 11 is 5.79. The number of hydrogen-bond acceptors (Lipinski definition) is 0. The molecule has 0 saturated carbocycles. The molecule has 0 nitrogen and oxygen atoms in total. The summed E-state index contributed by atoms with van der Waals surface area (Å²) in [6.07, 6.45) is 3.09. The van der Waals surface area contributed by atoms with Gasteiger partial charge in [0, 0.05) is 11.5 Å². The summed E-state index contributed by atoms with van der Waals surface area (Å²) < 4.78 is 0. The molecule has 0 heterocycles. The maximum atomic E-state index is 5.79. The topological polar surface area (TPSA) is 0 Å². The van der Waals surface area contributed by atoms with Crippen LogP contribution < -0.4 is 0 Å². The largest absolute Gasteiger partial charge is 0.0885 e. The lowest BCUT2D eigenvalue weighted by Crippen LogP contribution is -1.71. The molecular formula is C7H9Cl. The van der Waals surface area contributed by atoms with Gasteiger partial charge in [-0.1, -0.05) is 23.3 Å². The first kappa shape index (κ1) is 5.90. The van der Waals surface area contributed by atoms with E-state index in [2.05, 4.69) is 19.9 Å². The molecule has 1 aliphatic carbocycles. The molecule has 0 aromatic heterocycles. The summed E-state index contributed by atoms with van der Waals surface area (Å²) in [4.78, 5) is 0. The summed E-state index contributed by atoms with van der Waals surface area (Å²) in [5, 5.41) is 1.00. The summed E-state index contributed by atoms with van der Waals surface area (Å²) in [5.41, 5.74) is 2.58. The van der Waals surface area contributed by atoms with Crippen molar-refractivity contribution in [2.75, 3.05) is 0 Å². The van der Waals surface area contributed by atoms with Crippen molar-refractivity contribution in [2.24, 2.45) is 0 Å². The fourth-order valence-corrected chi connectivity index (χ4v) is 0.989. The highest BCUT2D eigenvalue weighted by atomic mass is 35.5. The zero-order valence-electron chi connectivity index (χ0n) is 5.16. The third-order valence-electron chi connectivity index (χ3n) is 1.59. The molecule has 0 amide bonds. The van der Waals surface area contributed by atoms with E-state index in [1.807, 2.05) is 0 Å². The van der Waals surface area contributed by atoms with Crippen molar-refractivity contribution in [1.82, 2.24) is 0 Å². The fraction of sp³-hybridized carbons (Fsp3) is 0.429. The Balaban J connectivity index is 2.88. The molecule has 0 spiro atoms. The van der Waals surface area contributed by atoms with E-state index in [1.165, 1.54) is 11.1 Å². The molecule has 0 aromatic rings. The fourth-order valence-electron chi connectivity index (χ4n) is 0.763. The van der Waals surface area contributed by atoms with Crippen LogP contribution in [-0.4, -0.2) is 0 Å². The Bertz CT molecular complexity index is 158. The van der Waals surface area contributed by atoms with Gasteiger partial charge in [0.05, 0.1) is 0 Å². The molecule has 0 aromatic carbocycles. The lowest BCUT2D eigenvalue weighted by molar-refractivity contribution is 1.36. The van der Waals surface area contributed by atoms with Gasteiger partial charge in [0.2, 0.25) is 0 Å². The first-order chi connectivity index (χ1) is 3.72. The summed E-state index contributed by atoms with van der Waals surface area (Å²) in [6.45, 7) is 4.14. The lowest BCUT2D eigenvalue weighted by atomic mass is 10.2. The van der Waals surface area contributed by atoms with E-state index in [0.29, 0.717) is 0 Å². The predicted molar refractivity (Wildman–Crippen MR) is 36.9 cm³/mol. The quantitative estimate of drug-likeness (QED) is 0.471. The van der Waals surface area contributed by atoms with E-state index in [0.717, 1.165) is 11.5 Å². The third-order valence-corrected chi connectivity index (χ3v) is 2.02. The second-order valence-electron chi connectivity index (χ2n) is 2.12. The maximum Gasteiger partial charge on any atom is 0.0250 e. The second-order valence-corrected chi connectivity index (χ2v) is 2.58. The monoisotopic (exact) mass is 128 g/mol. The summed E-state index contributed by atoms with van der Waals surface area (Å²) in [7, 11) is 0. The Morgan fingerprint density at radius 1 is 1.50 bits per heavy atom. The van der Waals surface area contributed by atoms with Crippen molar-refractivity contribution >= 4 is 11.6 Å². The smallest absolute Gasteiger partial charge is 0.0250 e. The third kappa shape index (κ3) is 0.805. The van der Waals surface area contributed by atoms with Gasteiger partial charge in [-0.15, -0.1) is 0 Å². The molecule has 1 heteroatoms. The molecule has 0 bridgehead atoms. The van der Waals surface area contributed by atoms with Crippen LogP contribution in [0.2, 0.25) is 0 Å². The van der Waals surface area contributed by atoms with E-state index < -0.39 is 0 Å². The molecule has 0 radical (unpaired) electrons. The molecule has 0 aliphatic heterocycles. The van der Waals surface area contributed by atoms with Crippen molar-refractivity contribution in [1.29, 1.82) is 0 Å². The molecule has 1 aliphatic rings. The Kier molecular flexibility index (Phi) is 1.43. The number of allylic oxidation sites excluding steroid dienone is 4. The van der Waals surface area contributed by atoms with Crippen LogP contribution in [0.1, 0.15) is 20.3 Å². The first-order valence-electron chi connectivity index (χ1n) is 2.74. The van der Waals surface area contributed by atoms with Crippen molar-refractivity contribution in [3.8, 4) is 0 Å². The van der Waals surface area contributed by atoms with Crippen LogP contribution in [0.4, 0.5) is 0 Å². The van der Waals surface area contributed by atoms with Crippen molar-refractivity contribution in [3.05, 3.63) is 22.3 Å². The van der Waals surface area contributed by atoms with Crippen molar-refractivity contribution < 1.29 is 0 Å². The van der Waals surface area contributed by atoms with Gasteiger partial charge in [0.15, 0.2) is 0 Å². The minimum Gasteiger partial charge on any atom is -0.0885 e. The van der Waals surface area contributed by atoms with E-state index >= 15 is 0 Å². The van der Waals surface area contributed by atoms with Crippen LogP contribution in [0, 0.1) is 0 Å². The zero-order valence-corrected chi connectivity index (χ0v) is 5.92. The Hall–Kier alpha value is -0.230. The van der Waals surface area contributed by atoms with Crippen LogP contribution in [0.3, 0.4) is 0 Å². The standard InChI is InChI=1S/C7H9Cl/c1-5-3-4-7(8)6(5)2/h3H,4H2,1-2H3. The Labute approximate surface area is 54.8 Å². The molecule has 1 rings (SSSR count). The Morgan fingerprint density at radius 2 is 2.12 bits per heavy atom. The van der Waals surface area contributed by atoms with Crippen LogP contribution in [0.15, 0.2) is 22.3 Å². The highest BCUT2D eigenvalue weighted by molar-refractivity contribution is 6.30. The second kappa shape index (κ2) is 1.94. The maximum absolute atomic E-state index is 5.79. The van der Waals surface area contributed by atoms with Crippen molar-refractivity contribution in [3.63, 3.8) is 0 Å². The van der Waals surface area contributed by atoms with E-state index in [1.54, 1.807) is 0 Å². The minimum atomic E-state index is 0.944. The van der Waals surface area contributed by atoms with Gasteiger partial charge in [-0.05, 0) is 19.4 Å². The van der Waals surface area contributed by atoms with Crippen LogP contribution in [0.25, 0.3) is 0 Å². The minimum absolute atomic E-state index is 0.944. The molecule has 44 valence electrons. The molecule has 0 fully saturated rings. The Morgan fingerprint density at radius 3 is 2.25 bits per heavy atom. The van der Waals surface area contributed by atoms with E-state index in [4.69, 9.17) is 11.6 Å². The average molecular weight is 129 g/mol. The van der Waals surface area contributed by atoms with Gasteiger partial charge in [-0.3, -0.25) is 0 Å². The lowest BCUT2D eigenvalue weighted by Gasteiger charge is -1.91. The van der Waals surface area contributed by atoms with Gasteiger partial charge in [-0.2, -0.15) is 0 Å². The van der Waals surface area contributed by atoms with E-state index in [9.17, 15) is 0 Å². The molecule has 0 N–H and O–H groups in total. The van der Waals surface area contributed by atoms with Gasteiger partial charge < -0.3 is 0 Å².